The van der Waals surface area contributed by atoms with Gasteiger partial charge in [-0.3, -0.25) is 19.3 Å². The van der Waals surface area contributed by atoms with Gasteiger partial charge in [-0.1, -0.05) is 17.7 Å². The van der Waals surface area contributed by atoms with E-state index in [2.05, 4.69) is 0 Å². The first-order valence-electron chi connectivity index (χ1n) is 11.7. The van der Waals surface area contributed by atoms with Crippen LogP contribution >= 0.6 is 0 Å². The van der Waals surface area contributed by atoms with Crippen LogP contribution in [0.2, 0.25) is 0 Å². The summed E-state index contributed by atoms with van der Waals surface area (Å²) in [5, 5.41) is 44.3. The number of nitrogens with two attached hydrogens (primary N) is 1. The number of carbonyl (C=O) groups excluding carboxylic acids is 3. The fourth-order valence-electron chi connectivity index (χ4n) is 6.16. The number of aromatic hydroxyl groups is 1. The minimum Gasteiger partial charge on any atom is -0.510 e. The summed E-state index contributed by atoms with van der Waals surface area (Å²) in [5.74, 6) is -6.40. The maximum absolute atomic E-state index is 13.6. The zero-order chi connectivity index (χ0) is 25.4. The van der Waals surface area contributed by atoms with E-state index >= 15 is 0 Å². The zero-order valence-electron chi connectivity index (χ0n) is 19.5. The van der Waals surface area contributed by atoms with E-state index in [0.717, 1.165) is 24.8 Å². The number of benzene rings is 1. The molecule has 184 valence electrons. The number of hydrogen-bond donors (Lipinski definition) is 5. The van der Waals surface area contributed by atoms with E-state index in [4.69, 9.17) is 5.73 Å². The topological polar surface area (TPSA) is 161 Å². The van der Waals surface area contributed by atoms with Crippen LogP contribution in [0, 0.1) is 11.8 Å². The van der Waals surface area contributed by atoms with Crippen LogP contribution < -0.4 is 5.73 Å². The number of aliphatic hydroxyl groups excluding tert-OH is 2. The van der Waals surface area contributed by atoms with Crippen molar-refractivity contribution >= 4 is 23.5 Å². The molecule has 0 bridgehead atoms. The molecule has 0 saturated heterocycles. The number of carbonyl (C=O) groups is 3. The summed E-state index contributed by atoms with van der Waals surface area (Å²) in [5.41, 5.74) is 4.54. The van der Waals surface area contributed by atoms with Gasteiger partial charge < -0.3 is 26.2 Å². The second kappa shape index (κ2) is 7.79. The van der Waals surface area contributed by atoms with Crippen molar-refractivity contribution in [2.24, 2.45) is 17.6 Å². The van der Waals surface area contributed by atoms with Crippen LogP contribution in [0.25, 0.3) is 6.08 Å². The quantitative estimate of drug-likeness (QED) is 0.408. The molecule has 1 amide bonds. The van der Waals surface area contributed by atoms with Crippen molar-refractivity contribution in [3.63, 3.8) is 0 Å². The Kier molecular flexibility index (Phi) is 5.19. The van der Waals surface area contributed by atoms with Crippen molar-refractivity contribution in [3.8, 4) is 5.75 Å². The second-order valence-corrected chi connectivity index (χ2v) is 10.1. The van der Waals surface area contributed by atoms with Crippen LogP contribution in [-0.4, -0.2) is 68.5 Å². The van der Waals surface area contributed by atoms with E-state index in [-0.39, 0.29) is 23.3 Å². The number of primary amides is 1. The summed E-state index contributed by atoms with van der Waals surface area (Å²) in [7, 11) is 3.21. The van der Waals surface area contributed by atoms with Crippen molar-refractivity contribution in [3.05, 3.63) is 57.1 Å². The lowest BCUT2D eigenvalue weighted by Crippen LogP contribution is -2.63. The van der Waals surface area contributed by atoms with Crippen molar-refractivity contribution in [1.82, 2.24) is 4.90 Å². The predicted molar refractivity (Wildman–Crippen MR) is 126 cm³/mol. The summed E-state index contributed by atoms with van der Waals surface area (Å²) in [6.45, 7) is 0. The number of phenolic OH excluding ortho intramolecular Hbond substituents is 1. The highest BCUT2D eigenvalue weighted by molar-refractivity contribution is 6.24. The van der Waals surface area contributed by atoms with Gasteiger partial charge in [0.15, 0.2) is 11.4 Å². The van der Waals surface area contributed by atoms with E-state index < -0.39 is 58.0 Å². The number of likely N-dealkylation sites (N-methyl/N-ethyl adjacent to an activating group) is 1. The molecule has 0 heterocycles. The third kappa shape index (κ3) is 3.11. The van der Waals surface area contributed by atoms with Crippen molar-refractivity contribution in [1.29, 1.82) is 0 Å². The highest BCUT2D eigenvalue weighted by Crippen LogP contribution is 2.52. The largest absolute Gasteiger partial charge is 0.510 e. The van der Waals surface area contributed by atoms with Gasteiger partial charge in [-0.05, 0) is 69.3 Å². The van der Waals surface area contributed by atoms with Crippen molar-refractivity contribution in [2.75, 3.05) is 14.1 Å². The van der Waals surface area contributed by atoms with E-state index in [0.29, 0.717) is 12.0 Å². The lowest BCUT2D eigenvalue weighted by atomic mass is 9.58. The standard InChI is InChI=1S/C26H28N2O7/c1-28(2)20-15-10-13-9-14-12(8-11-4-3-5-11)6-7-16(29)18(14)21(30)17(13)23(32)26(15,35)24(33)19(22(20)31)25(27)34/h6-8,13,15,20,29,31-32,35H,3-5,9-10H2,1-2H3,(H2,27,34)/t13-,15-,20-,26-/m1/s1. The first-order chi connectivity index (χ1) is 16.5. The number of allylic oxidation sites excluding steroid dienone is 2. The molecule has 1 aromatic carbocycles. The van der Waals surface area contributed by atoms with Gasteiger partial charge in [0.2, 0.25) is 5.78 Å². The van der Waals surface area contributed by atoms with Gasteiger partial charge >= 0.3 is 0 Å². The van der Waals surface area contributed by atoms with Crippen molar-refractivity contribution in [2.45, 2.75) is 43.7 Å². The smallest absolute Gasteiger partial charge is 0.255 e. The van der Waals surface area contributed by atoms with Gasteiger partial charge in [-0.25, -0.2) is 0 Å². The first-order valence-corrected chi connectivity index (χ1v) is 11.7. The minimum atomic E-state index is -2.62. The Bertz CT molecular complexity index is 1280. The molecule has 0 radical (unpaired) electrons. The van der Waals surface area contributed by atoms with Crippen LogP contribution in [-0.2, 0) is 16.0 Å². The molecule has 4 atom stereocenters. The lowest BCUT2D eigenvalue weighted by molar-refractivity contribution is -0.148. The summed E-state index contributed by atoms with van der Waals surface area (Å²) >= 11 is 0. The molecule has 35 heavy (non-hydrogen) atoms. The third-order valence-electron chi connectivity index (χ3n) is 8.00. The molecule has 1 fully saturated rings. The Morgan fingerprint density at radius 3 is 2.43 bits per heavy atom. The number of phenols is 1. The molecule has 6 N–H and O–H groups in total. The fraction of sp³-hybridized carbons (Fsp3) is 0.423. The molecule has 0 spiro atoms. The highest BCUT2D eigenvalue weighted by atomic mass is 16.3. The van der Waals surface area contributed by atoms with E-state index in [9.17, 15) is 34.8 Å². The summed E-state index contributed by atoms with van der Waals surface area (Å²) < 4.78 is 0. The Hall–Kier alpha value is -3.43. The SMILES string of the molecule is CN(C)[C@H]1C(O)=C(C(N)=O)C(=O)[C@]2(O)C(O)=C3C(=O)c4c(O)ccc(C=C5CCC5)c4C[C@@H]3C[C@H]12. The maximum atomic E-state index is 13.6. The summed E-state index contributed by atoms with van der Waals surface area (Å²) in [4.78, 5) is 40.5. The van der Waals surface area contributed by atoms with E-state index in [1.807, 2.05) is 6.08 Å². The highest BCUT2D eigenvalue weighted by Gasteiger charge is 2.63. The van der Waals surface area contributed by atoms with Gasteiger partial charge in [0.25, 0.3) is 5.91 Å². The number of amides is 1. The van der Waals surface area contributed by atoms with Crippen molar-refractivity contribution < 1.29 is 34.8 Å². The molecule has 1 saturated carbocycles. The molecule has 4 aliphatic rings. The third-order valence-corrected chi connectivity index (χ3v) is 8.00. The predicted octanol–water partition coefficient (Wildman–Crippen LogP) is 1.69. The molecule has 9 heteroatoms. The number of nitrogens with zero attached hydrogens (tertiary/aromatic N) is 1. The molecule has 0 aliphatic heterocycles. The molecule has 0 aromatic heterocycles. The molecular formula is C26H28N2O7. The van der Waals surface area contributed by atoms with Crippen LogP contribution in [0.1, 0.15) is 47.2 Å². The average molecular weight is 481 g/mol. The second-order valence-electron chi connectivity index (χ2n) is 10.1. The van der Waals surface area contributed by atoms with Crippen LogP contribution in [0.4, 0.5) is 0 Å². The van der Waals surface area contributed by atoms with Gasteiger partial charge in [0.05, 0.1) is 11.6 Å². The molecule has 9 nitrogen and oxygen atoms in total. The van der Waals surface area contributed by atoms with Crippen LogP contribution in [0.15, 0.2) is 40.4 Å². The molecule has 5 rings (SSSR count). The molecular weight excluding hydrogens is 452 g/mol. The Morgan fingerprint density at radius 1 is 1.17 bits per heavy atom. The Balaban J connectivity index is 1.70. The number of hydrogen-bond acceptors (Lipinski definition) is 8. The number of Topliss-reactive ketones (excluding diaryl/α,β-unsaturated/α-hetero) is 2. The maximum Gasteiger partial charge on any atom is 0.255 e. The molecule has 4 aliphatic carbocycles. The molecule has 0 unspecified atom stereocenters. The fourth-order valence-corrected chi connectivity index (χ4v) is 6.16. The zero-order valence-corrected chi connectivity index (χ0v) is 19.5. The summed E-state index contributed by atoms with van der Waals surface area (Å²) in [6, 6.07) is 2.20. The summed E-state index contributed by atoms with van der Waals surface area (Å²) in [6.07, 6.45) is 5.48. The first kappa shape index (κ1) is 23.3. The van der Waals surface area contributed by atoms with Gasteiger partial charge in [-0.2, -0.15) is 0 Å². The number of ketones is 2. The van der Waals surface area contributed by atoms with Gasteiger partial charge in [0.1, 0.15) is 22.8 Å². The Morgan fingerprint density at radius 2 is 1.86 bits per heavy atom. The number of fused-ring (bicyclic) bond motifs is 3. The lowest BCUT2D eigenvalue weighted by Gasteiger charge is -2.50. The van der Waals surface area contributed by atoms with Gasteiger partial charge in [-0.15, -0.1) is 0 Å². The van der Waals surface area contributed by atoms with E-state index in [1.165, 1.54) is 16.5 Å². The number of rotatable bonds is 3. The van der Waals surface area contributed by atoms with E-state index in [1.54, 1.807) is 20.2 Å². The van der Waals surface area contributed by atoms with Gasteiger partial charge in [0, 0.05) is 11.5 Å². The van der Waals surface area contributed by atoms with Crippen LogP contribution in [0.5, 0.6) is 5.75 Å². The Labute approximate surface area is 201 Å². The normalized spacial score (nSPS) is 30.1. The number of aliphatic hydroxyl groups is 3. The minimum absolute atomic E-state index is 0.0412. The average Bonchev–Trinajstić information content (AvgIpc) is 2.74. The monoisotopic (exact) mass is 480 g/mol. The van der Waals surface area contributed by atoms with Crippen LogP contribution in [0.3, 0.4) is 0 Å². The molecule has 1 aromatic rings.